The summed E-state index contributed by atoms with van der Waals surface area (Å²) in [6.45, 7) is 8.61. The van der Waals surface area contributed by atoms with Gasteiger partial charge in [0.25, 0.3) is 0 Å². The molecule has 2 aliphatic rings. The third-order valence-corrected chi connectivity index (χ3v) is 5.38. The number of carbonyl (C=O) groups is 2. The van der Waals surface area contributed by atoms with Crippen LogP contribution in [0, 0.1) is 12.3 Å². The zero-order chi connectivity index (χ0) is 16.6. The van der Waals surface area contributed by atoms with Crippen molar-refractivity contribution >= 4 is 23.3 Å². The molecule has 3 amide bonds. The topological polar surface area (TPSA) is 65.5 Å². The molecule has 0 bridgehead atoms. The number of nitrogens with one attached hydrogen (secondary N) is 1. The van der Waals surface area contributed by atoms with Gasteiger partial charge in [0.1, 0.15) is 0 Å². The zero-order valence-electron chi connectivity index (χ0n) is 14.0. The van der Waals surface area contributed by atoms with E-state index in [9.17, 15) is 9.59 Å². The Bertz CT molecular complexity index is 615. The van der Waals surface area contributed by atoms with E-state index < -0.39 is 0 Å². The van der Waals surface area contributed by atoms with Crippen molar-refractivity contribution in [2.75, 3.05) is 19.6 Å². The minimum absolute atomic E-state index is 0.0158. The molecule has 0 aliphatic carbocycles. The lowest BCUT2D eigenvalue weighted by molar-refractivity contribution is -0.128. The molecule has 126 valence electrons. The molecule has 0 saturated carbocycles. The monoisotopic (exact) mass is 336 g/mol. The van der Waals surface area contributed by atoms with Gasteiger partial charge in [0.05, 0.1) is 17.2 Å². The molecule has 1 aromatic heterocycles. The maximum Gasteiger partial charge on any atom is 0.317 e. The van der Waals surface area contributed by atoms with Gasteiger partial charge in [0.15, 0.2) is 0 Å². The summed E-state index contributed by atoms with van der Waals surface area (Å²) in [5, 5.41) is 5.98. The molecule has 2 fully saturated rings. The Hall–Kier alpha value is -1.63. The van der Waals surface area contributed by atoms with E-state index in [0.29, 0.717) is 19.5 Å². The van der Waals surface area contributed by atoms with Gasteiger partial charge >= 0.3 is 6.03 Å². The number of carbonyl (C=O) groups excluding carboxylic acids is 2. The number of aryl methyl sites for hydroxylation is 1. The van der Waals surface area contributed by atoms with Crippen LogP contribution >= 0.6 is 11.3 Å². The van der Waals surface area contributed by atoms with Gasteiger partial charge in [-0.3, -0.25) is 4.79 Å². The van der Waals surface area contributed by atoms with Gasteiger partial charge in [-0.2, -0.15) is 0 Å². The van der Waals surface area contributed by atoms with Crippen LogP contribution in [0.2, 0.25) is 0 Å². The zero-order valence-corrected chi connectivity index (χ0v) is 14.8. The molecule has 1 N–H and O–H groups in total. The van der Waals surface area contributed by atoms with Crippen LogP contribution in [0.3, 0.4) is 0 Å². The summed E-state index contributed by atoms with van der Waals surface area (Å²) in [6.07, 6.45) is 1.44. The normalized spacial score (nSPS) is 24.3. The standard InChI is InChI=1S/C16H24N4O2S/c1-11(2)17-15(22)19-5-4-16(9-19)6-14(21)20(10-16)7-13-8-23-12(3)18-13/h8,11H,4-7,9-10H2,1-3H3,(H,17,22). The minimum atomic E-state index is -0.0729. The summed E-state index contributed by atoms with van der Waals surface area (Å²) in [6, 6.07) is 0.117. The van der Waals surface area contributed by atoms with Crippen LogP contribution in [0.5, 0.6) is 0 Å². The Balaban J connectivity index is 1.62. The van der Waals surface area contributed by atoms with Gasteiger partial charge < -0.3 is 15.1 Å². The van der Waals surface area contributed by atoms with Gasteiger partial charge in [-0.1, -0.05) is 0 Å². The van der Waals surface area contributed by atoms with Crippen LogP contribution in [-0.4, -0.2) is 52.4 Å². The van der Waals surface area contributed by atoms with E-state index in [1.807, 2.05) is 36.0 Å². The highest BCUT2D eigenvalue weighted by molar-refractivity contribution is 7.09. The van der Waals surface area contributed by atoms with Gasteiger partial charge in [-0.25, -0.2) is 9.78 Å². The molecule has 3 heterocycles. The Morgan fingerprint density at radius 3 is 2.91 bits per heavy atom. The van der Waals surface area contributed by atoms with E-state index in [0.717, 1.165) is 30.2 Å². The van der Waals surface area contributed by atoms with Gasteiger partial charge in [0.2, 0.25) is 5.91 Å². The summed E-state index contributed by atoms with van der Waals surface area (Å²) in [5.41, 5.74) is 0.890. The number of thiazole rings is 1. The molecule has 1 atom stereocenters. The van der Waals surface area contributed by atoms with E-state index in [4.69, 9.17) is 0 Å². The highest BCUT2D eigenvalue weighted by Gasteiger charge is 2.48. The SMILES string of the molecule is Cc1nc(CN2CC3(CCN(C(=O)NC(C)C)C3)CC2=O)cs1. The molecule has 1 unspecified atom stereocenters. The summed E-state index contributed by atoms with van der Waals surface area (Å²) < 4.78 is 0. The number of amides is 3. The molecule has 23 heavy (non-hydrogen) atoms. The van der Waals surface area contributed by atoms with Gasteiger partial charge in [0, 0.05) is 42.9 Å². The van der Waals surface area contributed by atoms with E-state index in [1.165, 1.54) is 0 Å². The molecule has 7 heteroatoms. The van der Waals surface area contributed by atoms with Crippen molar-refractivity contribution in [2.24, 2.45) is 5.41 Å². The summed E-state index contributed by atoms with van der Waals surface area (Å²) in [7, 11) is 0. The number of rotatable bonds is 3. The average Bonchev–Trinajstić information content (AvgIpc) is 3.12. The summed E-state index contributed by atoms with van der Waals surface area (Å²) in [4.78, 5) is 32.7. The number of likely N-dealkylation sites (tertiary alicyclic amines) is 2. The van der Waals surface area contributed by atoms with Crippen molar-refractivity contribution in [1.82, 2.24) is 20.1 Å². The first-order valence-electron chi connectivity index (χ1n) is 8.11. The van der Waals surface area contributed by atoms with Crippen LogP contribution < -0.4 is 5.32 Å². The predicted octanol–water partition coefficient (Wildman–Crippen LogP) is 1.99. The number of nitrogens with zero attached hydrogens (tertiary/aromatic N) is 3. The first-order chi connectivity index (χ1) is 10.9. The van der Waals surface area contributed by atoms with Crippen molar-refractivity contribution in [3.63, 3.8) is 0 Å². The molecular formula is C16H24N4O2S. The van der Waals surface area contributed by atoms with E-state index in [2.05, 4.69) is 10.3 Å². The molecule has 6 nitrogen and oxygen atoms in total. The van der Waals surface area contributed by atoms with Crippen LogP contribution in [0.25, 0.3) is 0 Å². The molecule has 0 radical (unpaired) electrons. The van der Waals surface area contributed by atoms with E-state index in [-0.39, 0.29) is 23.4 Å². The maximum absolute atomic E-state index is 12.4. The van der Waals surface area contributed by atoms with Crippen LogP contribution in [0.4, 0.5) is 4.79 Å². The van der Waals surface area contributed by atoms with E-state index >= 15 is 0 Å². The second kappa shape index (κ2) is 6.11. The fraction of sp³-hybridized carbons (Fsp3) is 0.688. The van der Waals surface area contributed by atoms with Crippen LogP contribution in [0.15, 0.2) is 5.38 Å². The minimum Gasteiger partial charge on any atom is -0.336 e. The van der Waals surface area contributed by atoms with Crippen molar-refractivity contribution < 1.29 is 9.59 Å². The van der Waals surface area contributed by atoms with Crippen LogP contribution in [-0.2, 0) is 11.3 Å². The van der Waals surface area contributed by atoms with Crippen molar-refractivity contribution in [2.45, 2.75) is 46.2 Å². The Morgan fingerprint density at radius 1 is 1.48 bits per heavy atom. The smallest absolute Gasteiger partial charge is 0.317 e. The second-order valence-corrected chi connectivity index (χ2v) is 8.12. The number of hydrogen-bond acceptors (Lipinski definition) is 4. The number of hydrogen-bond donors (Lipinski definition) is 1. The molecule has 1 aromatic rings. The van der Waals surface area contributed by atoms with Crippen molar-refractivity contribution in [1.29, 1.82) is 0 Å². The Labute approximate surface area is 140 Å². The first-order valence-corrected chi connectivity index (χ1v) is 8.99. The molecule has 1 spiro atoms. The summed E-state index contributed by atoms with van der Waals surface area (Å²) >= 11 is 1.61. The van der Waals surface area contributed by atoms with Crippen LogP contribution in [0.1, 0.15) is 37.4 Å². The van der Waals surface area contributed by atoms with Gasteiger partial charge in [-0.15, -0.1) is 11.3 Å². The lowest BCUT2D eigenvalue weighted by atomic mass is 9.86. The van der Waals surface area contributed by atoms with Crippen molar-refractivity contribution in [3.8, 4) is 0 Å². The largest absolute Gasteiger partial charge is 0.336 e. The average molecular weight is 336 g/mol. The second-order valence-electron chi connectivity index (χ2n) is 7.06. The third kappa shape index (κ3) is 3.49. The Morgan fingerprint density at radius 2 is 2.26 bits per heavy atom. The summed E-state index contributed by atoms with van der Waals surface area (Å²) in [5.74, 6) is 0.182. The maximum atomic E-state index is 12.4. The fourth-order valence-corrected chi connectivity index (χ4v) is 4.13. The van der Waals surface area contributed by atoms with Gasteiger partial charge in [-0.05, 0) is 27.2 Å². The quantitative estimate of drug-likeness (QED) is 0.918. The third-order valence-electron chi connectivity index (χ3n) is 4.56. The molecule has 2 aliphatic heterocycles. The highest BCUT2D eigenvalue weighted by Crippen LogP contribution is 2.40. The molecule has 2 saturated heterocycles. The highest BCUT2D eigenvalue weighted by atomic mass is 32.1. The Kier molecular flexibility index (Phi) is 4.31. The first kappa shape index (κ1) is 16.2. The molecular weight excluding hydrogens is 312 g/mol. The number of aromatic nitrogens is 1. The fourth-order valence-electron chi connectivity index (χ4n) is 3.52. The molecule has 0 aromatic carbocycles. The van der Waals surface area contributed by atoms with Crippen molar-refractivity contribution in [3.05, 3.63) is 16.1 Å². The lowest BCUT2D eigenvalue weighted by Crippen LogP contribution is -2.43. The molecule has 3 rings (SSSR count). The predicted molar refractivity (Wildman–Crippen MR) is 89.2 cm³/mol. The lowest BCUT2D eigenvalue weighted by Gasteiger charge is -2.24. The number of urea groups is 1. The van der Waals surface area contributed by atoms with E-state index in [1.54, 1.807) is 11.3 Å².